The number of hydrogen-bond donors (Lipinski definition) is 1. The maximum Gasteiger partial charge on any atom is 0.341 e. The van der Waals surface area contributed by atoms with E-state index < -0.39 is 17.2 Å². The third-order valence-electron chi connectivity index (χ3n) is 7.24. The van der Waals surface area contributed by atoms with Crippen LogP contribution in [0, 0.1) is 17.1 Å². The summed E-state index contributed by atoms with van der Waals surface area (Å²) in [4.78, 5) is 47.6. The molecular formula is C27H23FN6O4S2. The molecule has 10 nitrogen and oxygen atoms in total. The topological polar surface area (TPSA) is 123 Å². The number of aryl methyl sites for hydroxylation is 1. The fourth-order valence-corrected chi connectivity index (χ4v) is 7.54. The summed E-state index contributed by atoms with van der Waals surface area (Å²) in [6.45, 7) is 4.38. The van der Waals surface area contributed by atoms with Crippen molar-refractivity contribution in [3.63, 3.8) is 0 Å². The molecule has 13 heteroatoms. The van der Waals surface area contributed by atoms with E-state index >= 15 is 4.39 Å². The van der Waals surface area contributed by atoms with E-state index in [0.29, 0.717) is 60.4 Å². The molecule has 0 aliphatic carbocycles. The van der Waals surface area contributed by atoms with E-state index in [9.17, 15) is 24.8 Å². The minimum absolute atomic E-state index is 0.0316. The number of rotatable bonds is 5. The highest BCUT2D eigenvalue weighted by Gasteiger charge is 2.40. The number of nitriles is 1. The maximum absolute atomic E-state index is 15.3. The Morgan fingerprint density at radius 1 is 1.20 bits per heavy atom. The lowest BCUT2D eigenvalue weighted by molar-refractivity contribution is -0.116. The lowest BCUT2D eigenvalue weighted by Crippen LogP contribution is -2.54. The van der Waals surface area contributed by atoms with Crippen LogP contribution in [0.1, 0.15) is 22.8 Å². The number of hydrogen-bond acceptors (Lipinski definition) is 9. The first kappa shape index (κ1) is 26.2. The number of carboxylic acids is 1. The molecule has 4 heterocycles. The lowest BCUT2D eigenvalue weighted by Gasteiger charge is -2.40. The molecule has 0 spiro atoms. The van der Waals surface area contributed by atoms with E-state index in [-0.39, 0.29) is 22.4 Å². The predicted molar refractivity (Wildman–Crippen MR) is 153 cm³/mol. The minimum atomic E-state index is -1.34. The second-order valence-electron chi connectivity index (χ2n) is 9.50. The standard InChI is InChI=1S/C27H23FN6O4S2/c1-2-31-13-17(25(37)38)24(36)16-10-18(28)21(11-20(16)31)32-5-7-33(8-6-32)27-34(23(35)14-39-27)26-30-19-4-3-15(12-29)9-22(19)40-26/h3-4,9-11,13,27H,2,5-8,14H2,1H3,(H,37,38). The van der Waals surface area contributed by atoms with Gasteiger partial charge in [0.1, 0.15) is 16.9 Å². The number of carboxylic acid groups (broad SMARTS) is 1. The first-order valence-electron chi connectivity index (χ1n) is 12.6. The van der Waals surface area contributed by atoms with Crippen LogP contribution >= 0.6 is 23.1 Å². The van der Waals surface area contributed by atoms with E-state index in [1.807, 2.05) is 11.8 Å². The molecule has 1 amide bonds. The highest BCUT2D eigenvalue weighted by Crippen LogP contribution is 2.38. The van der Waals surface area contributed by atoms with Crippen LogP contribution in [0.2, 0.25) is 0 Å². The number of aromatic nitrogens is 2. The second-order valence-corrected chi connectivity index (χ2v) is 11.6. The number of piperazine rings is 1. The Hall–Kier alpha value is -3.99. The van der Waals surface area contributed by atoms with Gasteiger partial charge in [-0.1, -0.05) is 11.3 Å². The van der Waals surface area contributed by atoms with Gasteiger partial charge in [0.05, 0.1) is 38.8 Å². The van der Waals surface area contributed by atoms with Gasteiger partial charge in [-0.15, -0.1) is 11.8 Å². The van der Waals surface area contributed by atoms with E-state index in [1.165, 1.54) is 29.3 Å². The predicted octanol–water partition coefficient (Wildman–Crippen LogP) is 3.53. The van der Waals surface area contributed by atoms with Crippen LogP contribution in [0.25, 0.3) is 21.1 Å². The molecule has 1 unspecified atom stereocenters. The summed E-state index contributed by atoms with van der Waals surface area (Å²) in [5, 5.41) is 19.2. The molecule has 40 heavy (non-hydrogen) atoms. The SMILES string of the molecule is CCn1cc(C(=O)O)c(=O)c2cc(F)c(N3CCN(C4SCC(=O)N4c4nc5ccc(C#N)cc5s4)CC3)cc21. The average Bonchev–Trinajstić information content (AvgIpc) is 3.55. The molecule has 2 aromatic heterocycles. The molecule has 204 valence electrons. The number of nitrogens with zero attached hydrogens (tertiary/aromatic N) is 6. The van der Waals surface area contributed by atoms with Crippen molar-refractivity contribution in [2.75, 3.05) is 41.7 Å². The summed E-state index contributed by atoms with van der Waals surface area (Å²) in [6.07, 6.45) is 1.30. The number of amides is 1. The third-order valence-corrected chi connectivity index (χ3v) is 9.48. The summed E-state index contributed by atoms with van der Waals surface area (Å²) in [6, 6.07) is 10.2. The number of carbonyl (C=O) groups is 2. The quantitative estimate of drug-likeness (QED) is 0.379. The number of fused-ring (bicyclic) bond motifs is 2. The Bertz CT molecular complexity index is 1790. The molecular weight excluding hydrogens is 555 g/mol. The van der Waals surface area contributed by atoms with Crippen LogP contribution in [0.15, 0.2) is 41.3 Å². The van der Waals surface area contributed by atoms with Gasteiger partial charge in [-0.25, -0.2) is 14.2 Å². The van der Waals surface area contributed by atoms with Gasteiger partial charge < -0.3 is 14.6 Å². The molecule has 2 aliphatic heterocycles. The third kappa shape index (κ3) is 4.38. The van der Waals surface area contributed by atoms with Gasteiger partial charge in [0.25, 0.3) is 0 Å². The number of thioether (sulfide) groups is 1. The molecule has 2 fully saturated rings. The largest absolute Gasteiger partial charge is 0.477 e. The van der Waals surface area contributed by atoms with Gasteiger partial charge in [0, 0.05) is 44.3 Å². The molecule has 2 saturated heterocycles. The summed E-state index contributed by atoms with van der Waals surface area (Å²) >= 11 is 2.91. The normalized spacial score (nSPS) is 18.1. The molecule has 0 saturated carbocycles. The van der Waals surface area contributed by atoms with Crippen LogP contribution in [-0.2, 0) is 11.3 Å². The fourth-order valence-electron chi connectivity index (χ4n) is 5.21. The van der Waals surface area contributed by atoms with Gasteiger partial charge in [0.15, 0.2) is 5.13 Å². The van der Waals surface area contributed by atoms with E-state index in [0.717, 1.165) is 16.3 Å². The zero-order valence-corrected chi connectivity index (χ0v) is 23.0. The van der Waals surface area contributed by atoms with Crippen molar-refractivity contribution >= 4 is 66.9 Å². The Labute approximate surface area is 235 Å². The number of thiazole rings is 1. The number of pyridine rings is 1. The highest BCUT2D eigenvalue weighted by atomic mass is 32.2. The lowest BCUT2D eigenvalue weighted by atomic mass is 10.1. The Morgan fingerprint density at radius 2 is 1.98 bits per heavy atom. The summed E-state index contributed by atoms with van der Waals surface area (Å²) < 4.78 is 17.8. The highest BCUT2D eigenvalue weighted by molar-refractivity contribution is 8.01. The molecule has 0 bridgehead atoms. The van der Waals surface area contributed by atoms with Gasteiger partial charge in [-0.05, 0) is 37.3 Å². The van der Waals surface area contributed by atoms with Gasteiger partial charge >= 0.3 is 5.97 Å². The van der Waals surface area contributed by atoms with E-state index in [4.69, 9.17) is 0 Å². The summed E-state index contributed by atoms with van der Waals surface area (Å²) in [7, 11) is 0. The zero-order chi connectivity index (χ0) is 28.1. The average molecular weight is 579 g/mol. The number of benzene rings is 2. The summed E-state index contributed by atoms with van der Waals surface area (Å²) in [5.74, 6) is -1.63. The van der Waals surface area contributed by atoms with Crippen molar-refractivity contribution in [1.82, 2.24) is 14.5 Å². The Morgan fingerprint density at radius 3 is 2.67 bits per heavy atom. The van der Waals surface area contributed by atoms with Crippen molar-refractivity contribution in [1.29, 1.82) is 5.26 Å². The second kappa shape index (κ2) is 10.2. The van der Waals surface area contributed by atoms with Gasteiger partial charge in [0.2, 0.25) is 11.3 Å². The molecule has 2 aromatic carbocycles. The van der Waals surface area contributed by atoms with E-state index in [2.05, 4.69) is 16.0 Å². The monoisotopic (exact) mass is 578 g/mol. The Balaban J connectivity index is 1.25. The number of anilines is 2. The number of aromatic carboxylic acids is 1. The van der Waals surface area contributed by atoms with Crippen LogP contribution in [0.5, 0.6) is 0 Å². The van der Waals surface area contributed by atoms with Crippen molar-refractivity contribution in [2.24, 2.45) is 0 Å². The van der Waals surface area contributed by atoms with Gasteiger partial charge in [-0.3, -0.25) is 19.4 Å². The number of halogens is 1. The van der Waals surface area contributed by atoms with Crippen LogP contribution in [0.3, 0.4) is 0 Å². The van der Waals surface area contributed by atoms with Crippen molar-refractivity contribution < 1.29 is 19.1 Å². The molecule has 1 N–H and O–H groups in total. The van der Waals surface area contributed by atoms with E-state index in [1.54, 1.807) is 33.7 Å². The van der Waals surface area contributed by atoms with Crippen LogP contribution < -0.4 is 15.2 Å². The molecule has 0 radical (unpaired) electrons. The maximum atomic E-state index is 15.3. The fraction of sp³-hybridized carbons (Fsp3) is 0.296. The molecule has 2 aliphatic rings. The van der Waals surface area contributed by atoms with Crippen molar-refractivity contribution in [3.05, 3.63) is 63.7 Å². The summed E-state index contributed by atoms with van der Waals surface area (Å²) in [5.41, 5.74) is 0.771. The van der Waals surface area contributed by atoms with Gasteiger partial charge in [-0.2, -0.15) is 5.26 Å². The molecule has 1 atom stereocenters. The smallest absolute Gasteiger partial charge is 0.341 e. The first-order valence-corrected chi connectivity index (χ1v) is 14.5. The molecule has 4 aromatic rings. The minimum Gasteiger partial charge on any atom is -0.477 e. The van der Waals surface area contributed by atoms with Crippen LogP contribution in [0.4, 0.5) is 15.2 Å². The molecule has 6 rings (SSSR count). The van der Waals surface area contributed by atoms with Crippen LogP contribution in [-0.4, -0.2) is 68.9 Å². The number of carbonyl (C=O) groups excluding carboxylic acids is 1. The first-order chi connectivity index (χ1) is 19.3. The van der Waals surface area contributed by atoms with Crippen molar-refractivity contribution in [3.8, 4) is 6.07 Å². The Kier molecular flexibility index (Phi) is 6.69. The van der Waals surface area contributed by atoms with Crippen molar-refractivity contribution in [2.45, 2.75) is 19.0 Å². The zero-order valence-electron chi connectivity index (χ0n) is 21.3.